The lowest BCUT2D eigenvalue weighted by atomic mass is 10.1. The topological polar surface area (TPSA) is 74.2 Å². The molecule has 2 aromatic rings. The first-order valence-electron chi connectivity index (χ1n) is 5.15. The maximum atomic E-state index is 13.1. The number of ether oxygens (including phenoxy) is 1. The molecule has 0 aliphatic rings. The third-order valence-corrected chi connectivity index (χ3v) is 2.39. The van der Waals surface area contributed by atoms with Crippen LogP contribution >= 0.6 is 0 Å². The molecule has 0 saturated heterocycles. The van der Waals surface area contributed by atoms with E-state index in [0.717, 1.165) is 0 Å². The quantitative estimate of drug-likeness (QED) is 0.905. The summed E-state index contributed by atoms with van der Waals surface area (Å²) in [6.45, 7) is 0.0565. The molecule has 7 heteroatoms. The Hall–Kier alpha value is -2.02. The Kier molecular flexibility index (Phi) is 3.52. The van der Waals surface area contributed by atoms with Crippen LogP contribution in [0.4, 0.5) is 8.78 Å². The van der Waals surface area contributed by atoms with Crippen molar-refractivity contribution in [1.82, 2.24) is 10.1 Å². The number of benzene rings is 1. The first-order chi connectivity index (χ1) is 8.67. The lowest BCUT2D eigenvalue weighted by Crippen LogP contribution is -1.98. The zero-order chi connectivity index (χ0) is 13.1. The number of halogens is 2. The molecule has 0 unspecified atom stereocenters. The summed E-state index contributed by atoms with van der Waals surface area (Å²) in [5, 5.41) is 3.62. The zero-order valence-corrected chi connectivity index (χ0v) is 9.56. The second-order valence-corrected chi connectivity index (χ2v) is 3.44. The highest BCUT2D eigenvalue weighted by Gasteiger charge is 2.22. The van der Waals surface area contributed by atoms with E-state index in [1.807, 2.05) is 0 Å². The van der Waals surface area contributed by atoms with Crippen LogP contribution < -0.4 is 10.5 Å². The van der Waals surface area contributed by atoms with E-state index in [1.54, 1.807) is 6.07 Å². The predicted octanol–water partition coefficient (Wildman–Crippen LogP) is 2.14. The van der Waals surface area contributed by atoms with Crippen molar-refractivity contribution in [3.8, 4) is 17.1 Å². The zero-order valence-electron chi connectivity index (χ0n) is 9.56. The van der Waals surface area contributed by atoms with Crippen molar-refractivity contribution >= 4 is 0 Å². The van der Waals surface area contributed by atoms with E-state index in [9.17, 15) is 8.78 Å². The summed E-state index contributed by atoms with van der Waals surface area (Å²) in [7, 11) is 1.33. The Morgan fingerprint density at radius 2 is 2.22 bits per heavy atom. The number of alkyl halides is 2. The molecule has 0 amide bonds. The smallest absolute Gasteiger partial charge is 0.268 e. The Labute approximate surface area is 102 Å². The van der Waals surface area contributed by atoms with Crippen molar-refractivity contribution in [2.45, 2.75) is 13.0 Å². The monoisotopic (exact) mass is 255 g/mol. The fraction of sp³-hybridized carbons (Fsp3) is 0.273. The number of methoxy groups -OCH3 is 1. The van der Waals surface area contributed by atoms with Gasteiger partial charge in [-0.3, -0.25) is 0 Å². The molecular weight excluding hydrogens is 244 g/mol. The van der Waals surface area contributed by atoms with Gasteiger partial charge in [-0.2, -0.15) is 4.98 Å². The predicted molar refractivity (Wildman–Crippen MR) is 59.1 cm³/mol. The van der Waals surface area contributed by atoms with Gasteiger partial charge in [0.2, 0.25) is 11.7 Å². The SMILES string of the molecule is COc1cccc(-c2noc(CN)n2)c1C(F)F. The summed E-state index contributed by atoms with van der Waals surface area (Å²) < 4.78 is 35.8. The lowest BCUT2D eigenvalue weighted by Gasteiger charge is -2.10. The van der Waals surface area contributed by atoms with Crippen LogP contribution in [0.2, 0.25) is 0 Å². The highest BCUT2D eigenvalue weighted by Crippen LogP contribution is 2.36. The lowest BCUT2D eigenvalue weighted by molar-refractivity contribution is 0.147. The molecule has 1 aromatic carbocycles. The Morgan fingerprint density at radius 1 is 1.44 bits per heavy atom. The molecule has 0 saturated carbocycles. The number of aromatic nitrogens is 2. The molecule has 0 aliphatic heterocycles. The Balaban J connectivity index is 2.55. The minimum atomic E-state index is -2.70. The van der Waals surface area contributed by atoms with Crippen molar-refractivity contribution in [2.75, 3.05) is 7.11 Å². The van der Waals surface area contributed by atoms with Gasteiger partial charge >= 0.3 is 0 Å². The van der Waals surface area contributed by atoms with Gasteiger partial charge in [0.25, 0.3) is 6.43 Å². The molecule has 0 atom stereocenters. The molecule has 2 N–H and O–H groups in total. The van der Waals surface area contributed by atoms with Gasteiger partial charge in [0.05, 0.1) is 19.2 Å². The van der Waals surface area contributed by atoms with Crippen LogP contribution in [0.15, 0.2) is 22.7 Å². The van der Waals surface area contributed by atoms with Gasteiger partial charge in [0.1, 0.15) is 5.75 Å². The van der Waals surface area contributed by atoms with E-state index in [-0.39, 0.29) is 35.1 Å². The van der Waals surface area contributed by atoms with Gasteiger partial charge in [-0.15, -0.1) is 0 Å². The van der Waals surface area contributed by atoms with Gasteiger partial charge in [-0.05, 0) is 6.07 Å². The molecule has 0 fully saturated rings. The highest BCUT2D eigenvalue weighted by atomic mass is 19.3. The van der Waals surface area contributed by atoms with E-state index < -0.39 is 6.43 Å². The maximum absolute atomic E-state index is 13.1. The van der Waals surface area contributed by atoms with E-state index >= 15 is 0 Å². The standard InChI is InChI=1S/C11H11F2N3O2/c1-17-7-4-2-3-6(9(7)10(12)13)11-15-8(5-14)18-16-11/h2-4,10H,5,14H2,1H3. The summed E-state index contributed by atoms with van der Waals surface area (Å²) >= 11 is 0. The normalized spacial score (nSPS) is 10.9. The Bertz CT molecular complexity index is 543. The molecule has 18 heavy (non-hydrogen) atoms. The van der Waals surface area contributed by atoms with Gasteiger partial charge in [-0.1, -0.05) is 17.3 Å². The maximum Gasteiger partial charge on any atom is 0.268 e. The minimum Gasteiger partial charge on any atom is -0.496 e. The summed E-state index contributed by atoms with van der Waals surface area (Å²) in [6.07, 6.45) is -2.70. The molecule has 5 nitrogen and oxygen atoms in total. The molecule has 0 spiro atoms. The van der Waals surface area contributed by atoms with Crippen LogP contribution in [0.1, 0.15) is 17.9 Å². The van der Waals surface area contributed by atoms with Crippen molar-refractivity contribution in [1.29, 1.82) is 0 Å². The second kappa shape index (κ2) is 5.09. The van der Waals surface area contributed by atoms with E-state index in [1.165, 1.54) is 19.2 Å². The molecule has 0 bridgehead atoms. The van der Waals surface area contributed by atoms with Crippen LogP contribution in [-0.4, -0.2) is 17.3 Å². The fourth-order valence-electron chi connectivity index (χ4n) is 1.59. The van der Waals surface area contributed by atoms with Crippen LogP contribution in [0.3, 0.4) is 0 Å². The molecule has 2 rings (SSSR count). The summed E-state index contributed by atoms with van der Waals surface area (Å²) in [4.78, 5) is 3.93. The summed E-state index contributed by atoms with van der Waals surface area (Å²) in [5.41, 5.74) is 5.24. The van der Waals surface area contributed by atoms with Crippen LogP contribution in [-0.2, 0) is 6.54 Å². The van der Waals surface area contributed by atoms with Crippen molar-refractivity contribution in [3.05, 3.63) is 29.7 Å². The second-order valence-electron chi connectivity index (χ2n) is 3.44. The van der Waals surface area contributed by atoms with Crippen molar-refractivity contribution in [3.63, 3.8) is 0 Å². The molecule has 0 radical (unpaired) electrons. The van der Waals surface area contributed by atoms with Crippen molar-refractivity contribution in [2.24, 2.45) is 5.73 Å². The molecule has 1 heterocycles. The largest absolute Gasteiger partial charge is 0.496 e. The molecule has 1 aromatic heterocycles. The number of nitrogens with two attached hydrogens (primary N) is 1. The average Bonchev–Trinajstić information content (AvgIpc) is 2.86. The highest BCUT2D eigenvalue weighted by molar-refractivity contribution is 5.64. The van der Waals surface area contributed by atoms with Crippen molar-refractivity contribution < 1.29 is 18.0 Å². The minimum absolute atomic E-state index is 0.0565. The third-order valence-electron chi connectivity index (χ3n) is 2.39. The van der Waals surface area contributed by atoms with Crippen LogP contribution in [0, 0.1) is 0 Å². The number of rotatable bonds is 4. The number of hydrogen-bond donors (Lipinski definition) is 1. The number of hydrogen-bond acceptors (Lipinski definition) is 5. The van der Waals surface area contributed by atoms with Gasteiger partial charge < -0.3 is 15.0 Å². The van der Waals surface area contributed by atoms with E-state index in [2.05, 4.69) is 10.1 Å². The molecular formula is C11H11F2N3O2. The number of nitrogens with zero attached hydrogens (tertiary/aromatic N) is 2. The van der Waals surface area contributed by atoms with Gasteiger partial charge in [-0.25, -0.2) is 8.78 Å². The summed E-state index contributed by atoms with van der Waals surface area (Å²) in [5.74, 6) is 0.347. The van der Waals surface area contributed by atoms with Crippen LogP contribution in [0.5, 0.6) is 5.75 Å². The Morgan fingerprint density at radius 3 is 2.78 bits per heavy atom. The molecule has 96 valence electrons. The first kappa shape index (κ1) is 12.4. The summed E-state index contributed by atoms with van der Waals surface area (Å²) in [6, 6.07) is 4.52. The first-order valence-corrected chi connectivity index (χ1v) is 5.15. The fourth-order valence-corrected chi connectivity index (χ4v) is 1.59. The van der Waals surface area contributed by atoms with Gasteiger partial charge in [0, 0.05) is 5.56 Å². The third kappa shape index (κ3) is 2.17. The van der Waals surface area contributed by atoms with E-state index in [4.69, 9.17) is 15.0 Å². The average molecular weight is 255 g/mol. The van der Waals surface area contributed by atoms with Crippen LogP contribution in [0.25, 0.3) is 11.4 Å². The van der Waals surface area contributed by atoms with E-state index in [0.29, 0.717) is 0 Å². The molecule has 0 aliphatic carbocycles. The van der Waals surface area contributed by atoms with Gasteiger partial charge in [0.15, 0.2) is 0 Å².